The quantitative estimate of drug-likeness (QED) is 0.896. The van der Waals surface area contributed by atoms with E-state index in [-0.39, 0.29) is 17.5 Å². The van der Waals surface area contributed by atoms with Crippen LogP contribution in [0, 0.1) is 0 Å². The molecule has 0 aliphatic carbocycles. The van der Waals surface area contributed by atoms with Crippen LogP contribution in [0.5, 0.6) is 0 Å². The predicted octanol–water partition coefficient (Wildman–Crippen LogP) is 2.20. The largest absolute Gasteiger partial charge is 0.348 e. The van der Waals surface area contributed by atoms with Crippen LogP contribution in [0.15, 0.2) is 24.3 Å². The summed E-state index contributed by atoms with van der Waals surface area (Å²) >= 11 is 6.17. The average molecular weight is 310 g/mol. The van der Waals surface area contributed by atoms with Gasteiger partial charge in [0.05, 0.1) is 12.6 Å². The molecular weight excluding hydrogens is 286 g/mol. The van der Waals surface area contributed by atoms with E-state index < -0.39 is 0 Å². The number of carbonyl (C=O) groups excluding carboxylic acids is 1. The van der Waals surface area contributed by atoms with Crippen molar-refractivity contribution in [2.45, 2.75) is 32.4 Å². The van der Waals surface area contributed by atoms with Crippen molar-refractivity contribution >= 4 is 17.5 Å². The smallest absolute Gasteiger partial charge is 0.234 e. The molecule has 4 nitrogen and oxygen atoms in total. The first kappa shape index (κ1) is 16.3. The first-order chi connectivity index (χ1) is 9.90. The van der Waals surface area contributed by atoms with E-state index in [4.69, 9.17) is 11.6 Å². The lowest BCUT2D eigenvalue weighted by atomic mass is 10.0. The van der Waals surface area contributed by atoms with Gasteiger partial charge in [-0.2, -0.15) is 0 Å². The SMILES string of the molecule is CC(NC(=O)CN1CCNCC1(C)C)c1ccccc1Cl. The summed E-state index contributed by atoms with van der Waals surface area (Å²) in [6, 6.07) is 7.53. The van der Waals surface area contributed by atoms with Crippen LogP contribution in [0.4, 0.5) is 0 Å². The second kappa shape index (κ2) is 6.77. The van der Waals surface area contributed by atoms with Crippen LogP contribution in [-0.2, 0) is 4.79 Å². The van der Waals surface area contributed by atoms with Gasteiger partial charge in [-0.3, -0.25) is 9.69 Å². The summed E-state index contributed by atoms with van der Waals surface area (Å²) in [6.45, 7) is 9.41. The van der Waals surface area contributed by atoms with E-state index in [1.807, 2.05) is 31.2 Å². The number of halogens is 1. The number of piperazine rings is 1. The van der Waals surface area contributed by atoms with Crippen molar-refractivity contribution in [3.8, 4) is 0 Å². The molecule has 0 bridgehead atoms. The molecule has 21 heavy (non-hydrogen) atoms. The molecule has 1 unspecified atom stereocenters. The summed E-state index contributed by atoms with van der Waals surface area (Å²) in [4.78, 5) is 14.5. The lowest BCUT2D eigenvalue weighted by Gasteiger charge is -2.42. The van der Waals surface area contributed by atoms with Crippen molar-refractivity contribution in [3.05, 3.63) is 34.9 Å². The number of amides is 1. The summed E-state index contributed by atoms with van der Waals surface area (Å²) in [7, 11) is 0. The third kappa shape index (κ3) is 4.19. The second-order valence-electron chi connectivity index (χ2n) is 6.22. The van der Waals surface area contributed by atoms with Gasteiger partial charge < -0.3 is 10.6 Å². The highest BCUT2D eigenvalue weighted by atomic mass is 35.5. The van der Waals surface area contributed by atoms with Gasteiger partial charge in [0.1, 0.15) is 0 Å². The predicted molar refractivity (Wildman–Crippen MR) is 86.5 cm³/mol. The molecule has 1 atom stereocenters. The Bertz CT molecular complexity index is 504. The van der Waals surface area contributed by atoms with Crippen molar-refractivity contribution in [2.75, 3.05) is 26.2 Å². The Morgan fingerprint density at radius 2 is 2.19 bits per heavy atom. The van der Waals surface area contributed by atoms with Gasteiger partial charge in [-0.05, 0) is 32.4 Å². The van der Waals surface area contributed by atoms with Crippen LogP contribution in [0.3, 0.4) is 0 Å². The topological polar surface area (TPSA) is 44.4 Å². The van der Waals surface area contributed by atoms with Crippen molar-refractivity contribution < 1.29 is 4.79 Å². The van der Waals surface area contributed by atoms with Gasteiger partial charge >= 0.3 is 0 Å². The molecule has 116 valence electrons. The Balaban J connectivity index is 1.94. The monoisotopic (exact) mass is 309 g/mol. The molecule has 0 spiro atoms. The molecule has 0 saturated carbocycles. The third-order valence-corrected chi connectivity index (χ3v) is 4.40. The summed E-state index contributed by atoms with van der Waals surface area (Å²) in [5.41, 5.74) is 0.954. The van der Waals surface area contributed by atoms with E-state index in [1.165, 1.54) is 0 Å². The normalized spacial score (nSPS) is 20.0. The maximum absolute atomic E-state index is 12.3. The molecule has 2 N–H and O–H groups in total. The fraction of sp³-hybridized carbons (Fsp3) is 0.562. The number of nitrogens with zero attached hydrogens (tertiary/aromatic N) is 1. The standard InChI is InChI=1S/C16H24ClN3O/c1-12(13-6-4-5-7-14(13)17)19-15(21)10-20-9-8-18-11-16(20,2)3/h4-7,12,18H,8-11H2,1-3H3,(H,19,21). The number of benzene rings is 1. The van der Waals surface area contributed by atoms with E-state index in [9.17, 15) is 4.79 Å². The second-order valence-corrected chi connectivity index (χ2v) is 6.63. The van der Waals surface area contributed by atoms with Crippen LogP contribution >= 0.6 is 11.6 Å². The molecule has 0 aromatic heterocycles. The highest BCUT2D eigenvalue weighted by Gasteiger charge is 2.31. The Labute approximate surface area is 131 Å². The van der Waals surface area contributed by atoms with Gasteiger partial charge in [-0.1, -0.05) is 29.8 Å². The molecule has 5 heteroatoms. The number of hydrogen-bond donors (Lipinski definition) is 2. The number of hydrogen-bond acceptors (Lipinski definition) is 3. The molecule has 1 aliphatic rings. The Hall–Kier alpha value is -1.10. The summed E-state index contributed by atoms with van der Waals surface area (Å²) in [5, 5.41) is 7.09. The van der Waals surface area contributed by atoms with E-state index in [0.29, 0.717) is 11.6 Å². The van der Waals surface area contributed by atoms with Crippen LogP contribution in [0.1, 0.15) is 32.4 Å². The minimum atomic E-state index is -0.0859. The Morgan fingerprint density at radius 1 is 1.48 bits per heavy atom. The Morgan fingerprint density at radius 3 is 2.86 bits per heavy atom. The van der Waals surface area contributed by atoms with Gasteiger partial charge in [-0.15, -0.1) is 0 Å². The zero-order valence-corrected chi connectivity index (χ0v) is 13.7. The number of carbonyl (C=O) groups is 1. The highest BCUT2D eigenvalue weighted by Crippen LogP contribution is 2.22. The van der Waals surface area contributed by atoms with Crippen molar-refractivity contribution in [2.24, 2.45) is 0 Å². The molecule has 1 fully saturated rings. The number of nitrogens with one attached hydrogen (secondary N) is 2. The van der Waals surface area contributed by atoms with Crippen LogP contribution in [0.25, 0.3) is 0 Å². The maximum atomic E-state index is 12.3. The fourth-order valence-electron chi connectivity index (χ4n) is 2.68. The first-order valence-electron chi connectivity index (χ1n) is 7.40. The van der Waals surface area contributed by atoms with E-state index in [0.717, 1.165) is 25.2 Å². The summed E-state index contributed by atoms with van der Waals surface area (Å²) in [6.07, 6.45) is 0. The van der Waals surface area contributed by atoms with Gasteiger partial charge in [-0.25, -0.2) is 0 Å². The third-order valence-electron chi connectivity index (χ3n) is 4.06. The molecule has 1 aliphatic heterocycles. The van der Waals surface area contributed by atoms with E-state index in [2.05, 4.69) is 29.4 Å². The van der Waals surface area contributed by atoms with Crippen LogP contribution in [-0.4, -0.2) is 42.5 Å². The zero-order valence-electron chi connectivity index (χ0n) is 12.9. The van der Waals surface area contributed by atoms with Crippen molar-refractivity contribution in [3.63, 3.8) is 0 Å². The molecular formula is C16H24ClN3O. The minimum absolute atomic E-state index is 0.00319. The lowest BCUT2D eigenvalue weighted by molar-refractivity contribution is -0.124. The highest BCUT2D eigenvalue weighted by molar-refractivity contribution is 6.31. The molecule has 1 amide bonds. The van der Waals surface area contributed by atoms with Crippen molar-refractivity contribution in [1.82, 2.24) is 15.5 Å². The molecule has 1 aromatic carbocycles. The summed E-state index contributed by atoms with van der Waals surface area (Å²) in [5.74, 6) is 0.0393. The molecule has 1 saturated heterocycles. The first-order valence-corrected chi connectivity index (χ1v) is 7.77. The molecule has 2 rings (SSSR count). The maximum Gasteiger partial charge on any atom is 0.234 e. The van der Waals surface area contributed by atoms with Gasteiger partial charge in [0.2, 0.25) is 5.91 Å². The molecule has 1 aromatic rings. The average Bonchev–Trinajstić information content (AvgIpc) is 2.41. The van der Waals surface area contributed by atoms with Gasteiger partial charge in [0, 0.05) is 30.2 Å². The zero-order chi connectivity index (χ0) is 15.5. The summed E-state index contributed by atoms with van der Waals surface area (Å²) < 4.78 is 0. The molecule has 0 radical (unpaired) electrons. The minimum Gasteiger partial charge on any atom is -0.348 e. The molecule has 1 heterocycles. The fourth-order valence-corrected chi connectivity index (χ4v) is 2.98. The van der Waals surface area contributed by atoms with E-state index >= 15 is 0 Å². The lowest BCUT2D eigenvalue weighted by Crippen LogP contribution is -2.59. The Kier molecular flexibility index (Phi) is 5.25. The van der Waals surface area contributed by atoms with Gasteiger partial charge in [0.25, 0.3) is 0 Å². The van der Waals surface area contributed by atoms with Crippen LogP contribution < -0.4 is 10.6 Å². The van der Waals surface area contributed by atoms with E-state index in [1.54, 1.807) is 0 Å². The van der Waals surface area contributed by atoms with Crippen molar-refractivity contribution in [1.29, 1.82) is 0 Å². The van der Waals surface area contributed by atoms with Crippen LogP contribution in [0.2, 0.25) is 5.02 Å². The number of rotatable bonds is 4. The van der Waals surface area contributed by atoms with Gasteiger partial charge in [0.15, 0.2) is 0 Å².